The molecule has 3 rings (SSSR count). The van der Waals surface area contributed by atoms with Gasteiger partial charge in [-0.1, -0.05) is 30.3 Å². The Labute approximate surface area is 118 Å². The highest BCUT2D eigenvalue weighted by atomic mass is 16.1. The summed E-state index contributed by atoms with van der Waals surface area (Å²) in [5.74, 6) is 0.899. The van der Waals surface area contributed by atoms with Gasteiger partial charge in [0.05, 0.1) is 0 Å². The highest BCUT2D eigenvalue weighted by molar-refractivity contribution is 5.72. The number of nitrogens with one attached hydrogen (secondary N) is 1. The van der Waals surface area contributed by atoms with Crippen LogP contribution in [-0.4, -0.2) is 11.1 Å². The number of nitrogens with zero attached hydrogens (tertiary/aromatic N) is 1. The summed E-state index contributed by atoms with van der Waals surface area (Å²) in [6.45, 7) is 2.08. The molecule has 0 atom stereocenters. The van der Waals surface area contributed by atoms with Crippen molar-refractivity contribution in [1.82, 2.24) is 4.57 Å². The number of hydrogen-bond donors (Lipinski definition) is 2. The Bertz CT molecular complexity index is 661. The third-order valence-corrected chi connectivity index (χ3v) is 3.80. The van der Waals surface area contributed by atoms with Crippen molar-refractivity contribution in [1.29, 1.82) is 0 Å². The molecule has 0 fully saturated rings. The number of fused-ring (bicyclic) bond motifs is 1. The standard InChI is InChI=1S/C16H19N3O/c17-11-14-13(12-6-2-1-3-7-12)10-15(20)19-9-5-4-8-18-16(14)19/h1-3,6-7,10,18H,4-5,8-9,11,17H2. The number of aromatic nitrogens is 1. The molecule has 1 aromatic heterocycles. The fourth-order valence-electron chi connectivity index (χ4n) is 2.80. The molecule has 0 saturated carbocycles. The van der Waals surface area contributed by atoms with Crippen molar-refractivity contribution in [3.05, 3.63) is 52.3 Å². The highest BCUT2D eigenvalue weighted by Gasteiger charge is 2.17. The first-order chi connectivity index (χ1) is 9.81. The Balaban J connectivity index is 2.24. The first kappa shape index (κ1) is 12.9. The molecule has 2 aromatic rings. The van der Waals surface area contributed by atoms with Gasteiger partial charge < -0.3 is 11.1 Å². The van der Waals surface area contributed by atoms with E-state index in [9.17, 15) is 4.79 Å². The van der Waals surface area contributed by atoms with Gasteiger partial charge in [0, 0.05) is 31.3 Å². The van der Waals surface area contributed by atoms with Crippen molar-refractivity contribution < 1.29 is 0 Å². The molecule has 0 unspecified atom stereocenters. The molecule has 20 heavy (non-hydrogen) atoms. The zero-order valence-electron chi connectivity index (χ0n) is 11.4. The second-order valence-corrected chi connectivity index (χ2v) is 5.08. The van der Waals surface area contributed by atoms with Crippen LogP contribution in [0.3, 0.4) is 0 Å². The minimum atomic E-state index is 0.0467. The Morgan fingerprint density at radius 2 is 2.00 bits per heavy atom. The van der Waals surface area contributed by atoms with Crippen LogP contribution in [0.25, 0.3) is 11.1 Å². The lowest BCUT2D eigenvalue weighted by Crippen LogP contribution is -2.24. The van der Waals surface area contributed by atoms with Crippen LogP contribution in [0.2, 0.25) is 0 Å². The van der Waals surface area contributed by atoms with Gasteiger partial charge in [-0.15, -0.1) is 0 Å². The normalized spacial score (nSPS) is 14.2. The minimum Gasteiger partial charge on any atom is -0.371 e. The van der Waals surface area contributed by atoms with E-state index in [0.717, 1.165) is 48.4 Å². The molecule has 0 amide bonds. The van der Waals surface area contributed by atoms with Gasteiger partial charge in [-0.05, 0) is 24.0 Å². The lowest BCUT2D eigenvalue weighted by Gasteiger charge is -2.18. The van der Waals surface area contributed by atoms with E-state index >= 15 is 0 Å². The first-order valence-corrected chi connectivity index (χ1v) is 7.07. The smallest absolute Gasteiger partial charge is 0.252 e. The molecule has 0 aliphatic carbocycles. The summed E-state index contributed by atoms with van der Waals surface area (Å²) in [4.78, 5) is 12.4. The average Bonchev–Trinajstić information content (AvgIpc) is 2.74. The zero-order valence-corrected chi connectivity index (χ0v) is 11.4. The summed E-state index contributed by atoms with van der Waals surface area (Å²) in [5.41, 5.74) is 9.01. The third kappa shape index (κ3) is 2.23. The number of pyridine rings is 1. The average molecular weight is 269 g/mol. The fourth-order valence-corrected chi connectivity index (χ4v) is 2.80. The topological polar surface area (TPSA) is 60.1 Å². The van der Waals surface area contributed by atoms with Gasteiger partial charge in [-0.25, -0.2) is 0 Å². The van der Waals surface area contributed by atoms with Crippen molar-refractivity contribution in [2.75, 3.05) is 11.9 Å². The number of anilines is 1. The Hall–Kier alpha value is -2.07. The summed E-state index contributed by atoms with van der Waals surface area (Å²) in [5, 5.41) is 3.38. The third-order valence-electron chi connectivity index (χ3n) is 3.80. The lowest BCUT2D eigenvalue weighted by atomic mass is 10.0. The summed E-state index contributed by atoms with van der Waals surface area (Å²) >= 11 is 0. The molecule has 1 aromatic carbocycles. The summed E-state index contributed by atoms with van der Waals surface area (Å²) in [7, 11) is 0. The number of benzene rings is 1. The van der Waals surface area contributed by atoms with E-state index in [1.165, 1.54) is 0 Å². The van der Waals surface area contributed by atoms with Crippen LogP contribution >= 0.6 is 0 Å². The van der Waals surface area contributed by atoms with Crippen LogP contribution in [0, 0.1) is 0 Å². The maximum Gasteiger partial charge on any atom is 0.252 e. The SMILES string of the molecule is NCc1c(-c2ccccc2)cc(=O)n2c1NCCCC2. The molecule has 0 saturated heterocycles. The highest BCUT2D eigenvalue weighted by Crippen LogP contribution is 2.28. The van der Waals surface area contributed by atoms with Crippen LogP contribution < -0.4 is 16.6 Å². The van der Waals surface area contributed by atoms with Gasteiger partial charge in [-0.2, -0.15) is 0 Å². The van der Waals surface area contributed by atoms with Gasteiger partial charge in [-0.3, -0.25) is 9.36 Å². The summed E-state index contributed by atoms with van der Waals surface area (Å²) in [6.07, 6.45) is 2.10. The maximum atomic E-state index is 12.4. The molecule has 1 aliphatic heterocycles. The molecule has 0 spiro atoms. The second kappa shape index (κ2) is 5.51. The van der Waals surface area contributed by atoms with E-state index in [-0.39, 0.29) is 5.56 Å². The predicted octanol–water partition coefficient (Wildman–Crippen LogP) is 2.18. The molecule has 1 aliphatic rings. The van der Waals surface area contributed by atoms with Crippen molar-refractivity contribution in [3.63, 3.8) is 0 Å². The van der Waals surface area contributed by atoms with Crippen molar-refractivity contribution in [3.8, 4) is 11.1 Å². The van der Waals surface area contributed by atoms with Crippen molar-refractivity contribution >= 4 is 5.82 Å². The molecule has 2 heterocycles. The number of nitrogens with two attached hydrogens (primary N) is 1. The van der Waals surface area contributed by atoms with Gasteiger partial charge in [0.2, 0.25) is 0 Å². The van der Waals surface area contributed by atoms with E-state index in [1.807, 2.05) is 34.9 Å². The van der Waals surface area contributed by atoms with E-state index in [4.69, 9.17) is 5.73 Å². The van der Waals surface area contributed by atoms with Crippen LogP contribution in [0.4, 0.5) is 5.82 Å². The largest absolute Gasteiger partial charge is 0.371 e. The Morgan fingerprint density at radius 1 is 1.20 bits per heavy atom. The zero-order chi connectivity index (χ0) is 13.9. The molecule has 104 valence electrons. The maximum absolute atomic E-state index is 12.4. The Kier molecular flexibility index (Phi) is 3.56. The van der Waals surface area contributed by atoms with Crippen LogP contribution in [0.15, 0.2) is 41.2 Å². The van der Waals surface area contributed by atoms with E-state index in [1.54, 1.807) is 6.07 Å². The van der Waals surface area contributed by atoms with Gasteiger partial charge in [0.1, 0.15) is 5.82 Å². The quantitative estimate of drug-likeness (QED) is 0.878. The second-order valence-electron chi connectivity index (χ2n) is 5.08. The monoisotopic (exact) mass is 269 g/mol. The van der Waals surface area contributed by atoms with Crippen LogP contribution in [-0.2, 0) is 13.1 Å². The van der Waals surface area contributed by atoms with Crippen molar-refractivity contribution in [2.45, 2.75) is 25.9 Å². The first-order valence-electron chi connectivity index (χ1n) is 7.07. The van der Waals surface area contributed by atoms with E-state index in [2.05, 4.69) is 5.32 Å². The molecule has 0 radical (unpaired) electrons. The molecule has 0 bridgehead atoms. The molecule has 4 nitrogen and oxygen atoms in total. The van der Waals surface area contributed by atoms with Crippen molar-refractivity contribution in [2.24, 2.45) is 5.73 Å². The van der Waals surface area contributed by atoms with E-state index in [0.29, 0.717) is 6.54 Å². The van der Waals surface area contributed by atoms with Crippen LogP contribution in [0.1, 0.15) is 18.4 Å². The number of rotatable bonds is 2. The molecule has 3 N–H and O–H groups in total. The Morgan fingerprint density at radius 3 is 2.75 bits per heavy atom. The molecular formula is C16H19N3O. The fraction of sp³-hybridized carbons (Fsp3) is 0.312. The molecule has 4 heteroatoms. The van der Waals surface area contributed by atoms with Gasteiger partial charge in [0.15, 0.2) is 0 Å². The van der Waals surface area contributed by atoms with E-state index < -0.39 is 0 Å². The molecular weight excluding hydrogens is 250 g/mol. The van der Waals surface area contributed by atoms with Crippen LogP contribution in [0.5, 0.6) is 0 Å². The minimum absolute atomic E-state index is 0.0467. The summed E-state index contributed by atoms with van der Waals surface area (Å²) in [6, 6.07) is 11.7. The van der Waals surface area contributed by atoms with Gasteiger partial charge in [0.25, 0.3) is 5.56 Å². The number of hydrogen-bond acceptors (Lipinski definition) is 3. The lowest BCUT2D eigenvalue weighted by molar-refractivity contribution is 0.635. The summed E-state index contributed by atoms with van der Waals surface area (Å²) < 4.78 is 1.82. The predicted molar refractivity (Wildman–Crippen MR) is 81.8 cm³/mol. The van der Waals surface area contributed by atoms with Gasteiger partial charge >= 0.3 is 0 Å².